The Bertz CT molecular complexity index is 423. The lowest BCUT2D eigenvalue weighted by Gasteiger charge is -2.10. The molecule has 0 saturated heterocycles. The van der Waals surface area contributed by atoms with E-state index in [2.05, 4.69) is 32.3 Å². The Kier molecular flexibility index (Phi) is 4.74. The van der Waals surface area contributed by atoms with Crippen molar-refractivity contribution in [3.63, 3.8) is 0 Å². The van der Waals surface area contributed by atoms with Crippen LogP contribution in [0.2, 0.25) is 0 Å². The number of aliphatic imine (C=N–C) groups is 1. The van der Waals surface area contributed by atoms with Crippen LogP contribution in [0.4, 0.5) is 0 Å². The SMILES string of the molecule is CCOc1ccc(Br)cc1CSC1=NCCN1. The Morgan fingerprint density at radius 3 is 3.12 bits per heavy atom. The van der Waals surface area contributed by atoms with Gasteiger partial charge >= 0.3 is 0 Å². The Hall–Kier alpha value is -0.680. The van der Waals surface area contributed by atoms with Crippen molar-refractivity contribution >= 4 is 32.9 Å². The highest BCUT2D eigenvalue weighted by Crippen LogP contribution is 2.27. The third-order valence-corrected chi connectivity index (χ3v) is 3.83. The van der Waals surface area contributed by atoms with E-state index in [1.807, 2.05) is 19.1 Å². The highest BCUT2D eigenvalue weighted by molar-refractivity contribution is 9.10. The van der Waals surface area contributed by atoms with Gasteiger partial charge in [0.15, 0.2) is 5.17 Å². The van der Waals surface area contributed by atoms with E-state index in [0.717, 1.165) is 34.2 Å². The highest BCUT2D eigenvalue weighted by atomic mass is 79.9. The van der Waals surface area contributed by atoms with Gasteiger partial charge in [-0.2, -0.15) is 0 Å². The third kappa shape index (κ3) is 3.64. The first-order valence-electron chi connectivity index (χ1n) is 5.62. The maximum absolute atomic E-state index is 5.61. The smallest absolute Gasteiger partial charge is 0.157 e. The van der Waals surface area contributed by atoms with E-state index in [0.29, 0.717) is 6.61 Å². The zero-order valence-electron chi connectivity index (χ0n) is 9.70. The maximum Gasteiger partial charge on any atom is 0.157 e. The van der Waals surface area contributed by atoms with Crippen LogP contribution in [0.1, 0.15) is 12.5 Å². The fourth-order valence-corrected chi connectivity index (χ4v) is 2.89. The minimum absolute atomic E-state index is 0.693. The topological polar surface area (TPSA) is 33.6 Å². The zero-order valence-corrected chi connectivity index (χ0v) is 12.1. The summed E-state index contributed by atoms with van der Waals surface area (Å²) in [6, 6.07) is 6.12. The van der Waals surface area contributed by atoms with Gasteiger partial charge < -0.3 is 10.1 Å². The molecule has 1 aliphatic heterocycles. The molecule has 0 saturated carbocycles. The molecule has 1 aliphatic rings. The average molecular weight is 315 g/mol. The van der Waals surface area contributed by atoms with Gasteiger partial charge in [0.05, 0.1) is 13.2 Å². The number of ether oxygens (including phenoxy) is 1. The molecule has 0 amide bonds. The third-order valence-electron chi connectivity index (χ3n) is 2.33. The van der Waals surface area contributed by atoms with Gasteiger partial charge in [-0.15, -0.1) is 0 Å². The molecular formula is C12H15BrN2OS. The lowest BCUT2D eigenvalue weighted by Crippen LogP contribution is -2.15. The van der Waals surface area contributed by atoms with Crippen molar-refractivity contribution in [2.24, 2.45) is 4.99 Å². The van der Waals surface area contributed by atoms with Crippen molar-refractivity contribution in [1.29, 1.82) is 0 Å². The molecule has 0 bridgehead atoms. The normalized spacial score (nSPS) is 14.4. The van der Waals surface area contributed by atoms with Crippen LogP contribution in [-0.2, 0) is 5.75 Å². The molecule has 1 heterocycles. The summed E-state index contributed by atoms with van der Waals surface area (Å²) in [5, 5.41) is 4.29. The van der Waals surface area contributed by atoms with E-state index in [9.17, 15) is 0 Å². The molecule has 17 heavy (non-hydrogen) atoms. The van der Waals surface area contributed by atoms with E-state index in [4.69, 9.17) is 4.74 Å². The second kappa shape index (κ2) is 6.31. The predicted octanol–water partition coefficient (Wildman–Crippen LogP) is 3.04. The second-order valence-electron chi connectivity index (χ2n) is 3.59. The number of halogens is 1. The molecule has 92 valence electrons. The molecule has 0 aromatic heterocycles. The van der Waals surface area contributed by atoms with E-state index < -0.39 is 0 Å². The van der Waals surface area contributed by atoms with Gasteiger partial charge in [-0.3, -0.25) is 4.99 Å². The van der Waals surface area contributed by atoms with Crippen LogP contribution in [0.3, 0.4) is 0 Å². The van der Waals surface area contributed by atoms with Crippen LogP contribution in [0.15, 0.2) is 27.7 Å². The Balaban J connectivity index is 2.04. The fourth-order valence-electron chi connectivity index (χ4n) is 1.58. The lowest BCUT2D eigenvalue weighted by molar-refractivity contribution is 0.337. The van der Waals surface area contributed by atoms with Crippen LogP contribution in [0.25, 0.3) is 0 Å². The van der Waals surface area contributed by atoms with Gasteiger partial charge in [-0.1, -0.05) is 27.7 Å². The van der Waals surface area contributed by atoms with Crippen LogP contribution in [-0.4, -0.2) is 24.9 Å². The summed E-state index contributed by atoms with van der Waals surface area (Å²) in [5.74, 6) is 1.84. The van der Waals surface area contributed by atoms with Crippen LogP contribution >= 0.6 is 27.7 Å². The van der Waals surface area contributed by atoms with Crippen molar-refractivity contribution in [1.82, 2.24) is 5.32 Å². The van der Waals surface area contributed by atoms with Gasteiger partial charge in [0.2, 0.25) is 0 Å². The molecule has 0 radical (unpaired) electrons. The second-order valence-corrected chi connectivity index (χ2v) is 5.47. The quantitative estimate of drug-likeness (QED) is 0.927. The summed E-state index contributed by atoms with van der Waals surface area (Å²) in [6.07, 6.45) is 0. The number of benzene rings is 1. The molecule has 1 aromatic rings. The zero-order chi connectivity index (χ0) is 12.1. The van der Waals surface area contributed by atoms with Gasteiger partial charge in [-0.25, -0.2) is 0 Å². The van der Waals surface area contributed by atoms with Crippen LogP contribution < -0.4 is 10.1 Å². The number of rotatable bonds is 4. The Morgan fingerprint density at radius 2 is 2.41 bits per heavy atom. The van der Waals surface area contributed by atoms with Crippen LogP contribution in [0, 0.1) is 0 Å². The summed E-state index contributed by atoms with van der Waals surface area (Å²) in [5.41, 5.74) is 1.20. The standard InChI is InChI=1S/C12H15BrN2OS/c1-2-16-11-4-3-10(13)7-9(11)8-17-12-14-5-6-15-12/h3-4,7H,2,5-6,8H2,1H3,(H,14,15). The van der Waals surface area contributed by atoms with Crippen molar-refractivity contribution in [3.05, 3.63) is 28.2 Å². The molecule has 0 aliphatic carbocycles. The summed E-state index contributed by atoms with van der Waals surface area (Å²) < 4.78 is 6.69. The summed E-state index contributed by atoms with van der Waals surface area (Å²) in [4.78, 5) is 4.36. The van der Waals surface area contributed by atoms with Crippen molar-refractivity contribution in [2.45, 2.75) is 12.7 Å². The van der Waals surface area contributed by atoms with Gasteiger partial charge in [0.25, 0.3) is 0 Å². The van der Waals surface area contributed by atoms with E-state index in [1.165, 1.54) is 5.56 Å². The first-order chi connectivity index (χ1) is 8.29. The molecule has 1 aromatic carbocycles. The van der Waals surface area contributed by atoms with E-state index in [-0.39, 0.29) is 0 Å². The van der Waals surface area contributed by atoms with E-state index in [1.54, 1.807) is 11.8 Å². The van der Waals surface area contributed by atoms with Gasteiger partial charge in [0.1, 0.15) is 5.75 Å². The fraction of sp³-hybridized carbons (Fsp3) is 0.417. The van der Waals surface area contributed by atoms with Gasteiger partial charge in [-0.05, 0) is 25.1 Å². The number of thioether (sulfide) groups is 1. The molecule has 0 unspecified atom stereocenters. The molecule has 0 spiro atoms. The highest BCUT2D eigenvalue weighted by Gasteiger charge is 2.09. The molecule has 2 rings (SSSR count). The van der Waals surface area contributed by atoms with Crippen molar-refractivity contribution in [3.8, 4) is 5.75 Å². The molecule has 1 N–H and O–H groups in total. The molecule has 0 atom stereocenters. The van der Waals surface area contributed by atoms with E-state index >= 15 is 0 Å². The number of amidine groups is 1. The Morgan fingerprint density at radius 1 is 1.53 bits per heavy atom. The molecule has 3 nitrogen and oxygen atoms in total. The largest absolute Gasteiger partial charge is 0.494 e. The summed E-state index contributed by atoms with van der Waals surface area (Å²) in [6.45, 7) is 4.54. The number of nitrogens with zero attached hydrogens (tertiary/aromatic N) is 1. The monoisotopic (exact) mass is 314 g/mol. The lowest BCUT2D eigenvalue weighted by atomic mass is 10.2. The Labute approximate surface area is 114 Å². The first kappa shape index (κ1) is 12.8. The average Bonchev–Trinajstić information content (AvgIpc) is 2.82. The van der Waals surface area contributed by atoms with Gasteiger partial charge in [0, 0.05) is 22.3 Å². The van der Waals surface area contributed by atoms with Crippen molar-refractivity contribution in [2.75, 3.05) is 19.7 Å². The first-order valence-corrected chi connectivity index (χ1v) is 7.40. The summed E-state index contributed by atoms with van der Waals surface area (Å²) >= 11 is 5.21. The summed E-state index contributed by atoms with van der Waals surface area (Å²) in [7, 11) is 0. The maximum atomic E-state index is 5.61. The van der Waals surface area contributed by atoms with Crippen molar-refractivity contribution < 1.29 is 4.74 Å². The molecule has 5 heteroatoms. The number of nitrogens with one attached hydrogen (secondary N) is 1. The molecule has 0 fully saturated rings. The number of hydrogen-bond acceptors (Lipinski definition) is 4. The number of hydrogen-bond donors (Lipinski definition) is 1. The molecular weight excluding hydrogens is 300 g/mol. The predicted molar refractivity (Wildman–Crippen MR) is 76.9 cm³/mol. The minimum atomic E-state index is 0.693. The minimum Gasteiger partial charge on any atom is -0.494 e. The van der Waals surface area contributed by atoms with Crippen LogP contribution in [0.5, 0.6) is 5.75 Å².